The summed E-state index contributed by atoms with van der Waals surface area (Å²) in [5.41, 5.74) is 1.52. The van der Waals surface area contributed by atoms with Crippen LogP contribution < -0.4 is 10.6 Å². The first kappa shape index (κ1) is 26.5. The van der Waals surface area contributed by atoms with E-state index in [1.54, 1.807) is 28.9 Å². The van der Waals surface area contributed by atoms with E-state index in [9.17, 15) is 18.8 Å². The monoisotopic (exact) mass is 489 g/mol. The fourth-order valence-corrected chi connectivity index (χ4v) is 4.45. The van der Waals surface area contributed by atoms with E-state index in [1.165, 1.54) is 12.1 Å². The Bertz CT molecular complexity index is 950. The topological polar surface area (TPSA) is 94.2 Å². The van der Waals surface area contributed by atoms with Crippen LogP contribution in [0.2, 0.25) is 0 Å². The molecular weight excluding hydrogens is 453 g/mol. The Morgan fingerprint density at radius 2 is 1.86 bits per heavy atom. The zero-order chi connectivity index (χ0) is 25.5. The Kier molecular flexibility index (Phi) is 9.08. The smallest absolute Gasteiger partial charge is 0.338 e. The zero-order valence-electron chi connectivity index (χ0n) is 21.0. The number of urea groups is 2. The van der Waals surface area contributed by atoms with Crippen LogP contribution in [0.5, 0.6) is 0 Å². The van der Waals surface area contributed by atoms with Crippen molar-refractivity contribution in [3.8, 4) is 0 Å². The number of carbonyl (C=O) groups excluding carboxylic acids is 3. The van der Waals surface area contributed by atoms with Gasteiger partial charge in [-0.2, -0.15) is 0 Å². The highest BCUT2D eigenvalue weighted by atomic mass is 19.1. The van der Waals surface area contributed by atoms with Crippen LogP contribution in [0.25, 0.3) is 0 Å². The van der Waals surface area contributed by atoms with Crippen molar-refractivity contribution < 1.29 is 23.5 Å². The first-order valence-electron chi connectivity index (χ1n) is 12.3. The van der Waals surface area contributed by atoms with Gasteiger partial charge in [0, 0.05) is 51.0 Å². The molecule has 0 saturated carbocycles. The third-order valence-electron chi connectivity index (χ3n) is 6.11. The number of hydrogen-bond donors (Lipinski definition) is 2. The molecule has 0 unspecified atom stereocenters. The van der Waals surface area contributed by atoms with Gasteiger partial charge in [0.15, 0.2) is 0 Å². The van der Waals surface area contributed by atoms with Gasteiger partial charge in [0.2, 0.25) is 0 Å². The molecule has 0 aliphatic carbocycles. The largest absolute Gasteiger partial charge is 0.463 e. The Labute approximate surface area is 206 Å². The van der Waals surface area contributed by atoms with Crippen LogP contribution in [0.4, 0.5) is 14.0 Å². The SMILES string of the molecule is CCOC(=O)C1=C(CN2CCCN(C(=O)NC(C)C)CC2)N(CC)C(=O)N[C@@H]1c1ccc(F)cc1. The molecule has 1 saturated heterocycles. The quantitative estimate of drug-likeness (QED) is 0.575. The third kappa shape index (κ3) is 6.50. The van der Waals surface area contributed by atoms with Crippen molar-refractivity contribution in [1.29, 1.82) is 0 Å². The van der Waals surface area contributed by atoms with Crippen LogP contribution in [-0.2, 0) is 9.53 Å². The summed E-state index contributed by atoms with van der Waals surface area (Å²) in [5.74, 6) is -0.911. The van der Waals surface area contributed by atoms with E-state index in [0.29, 0.717) is 56.1 Å². The molecule has 0 aromatic heterocycles. The molecule has 192 valence electrons. The molecule has 2 aliphatic heterocycles. The van der Waals surface area contributed by atoms with Crippen molar-refractivity contribution in [1.82, 2.24) is 25.3 Å². The number of carbonyl (C=O) groups is 3. The van der Waals surface area contributed by atoms with Crippen LogP contribution in [0.15, 0.2) is 35.5 Å². The number of benzene rings is 1. The summed E-state index contributed by atoms with van der Waals surface area (Å²) >= 11 is 0. The lowest BCUT2D eigenvalue weighted by Crippen LogP contribution is -2.51. The van der Waals surface area contributed by atoms with Gasteiger partial charge in [0.05, 0.1) is 18.2 Å². The minimum atomic E-state index is -0.750. The molecule has 4 amide bonds. The molecule has 2 heterocycles. The number of likely N-dealkylation sites (N-methyl/N-ethyl adjacent to an activating group) is 1. The predicted octanol–water partition coefficient (Wildman–Crippen LogP) is 2.85. The minimum absolute atomic E-state index is 0.0569. The Balaban J connectivity index is 1.92. The molecule has 0 radical (unpaired) electrons. The second-order valence-electron chi connectivity index (χ2n) is 8.98. The van der Waals surface area contributed by atoms with E-state index in [-0.39, 0.29) is 24.7 Å². The van der Waals surface area contributed by atoms with Gasteiger partial charge in [-0.15, -0.1) is 0 Å². The molecule has 2 N–H and O–H groups in total. The summed E-state index contributed by atoms with van der Waals surface area (Å²) in [6.07, 6.45) is 0.771. The van der Waals surface area contributed by atoms with Crippen molar-refractivity contribution in [3.05, 3.63) is 46.9 Å². The summed E-state index contributed by atoms with van der Waals surface area (Å²) in [6.45, 7) is 10.8. The van der Waals surface area contributed by atoms with Gasteiger partial charge < -0.3 is 20.3 Å². The molecule has 1 atom stereocenters. The lowest BCUT2D eigenvalue weighted by atomic mass is 9.94. The molecule has 0 spiro atoms. The summed E-state index contributed by atoms with van der Waals surface area (Å²) in [4.78, 5) is 44.2. The number of rotatable bonds is 7. The molecule has 10 heteroatoms. The molecule has 2 aliphatic rings. The summed E-state index contributed by atoms with van der Waals surface area (Å²) in [5, 5.41) is 5.82. The van der Waals surface area contributed by atoms with Crippen molar-refractivity contribution in [2.24, 2.45) is 0 Å². The maximum absolute atomic E-state index is 13.6. The van der Waals surface area contributed by atoms with Gasteiger partial charge in [0.1, 0.15) is 5.82 Å². The third-order valence-corrected chi connectivity index (χ3v) is 6.11. The lowest BCUT2D eigenvalue weighted by Gasteiger charge is -2.38. The van der Waals surface area contributed by atoms with Gasteiger partial charge >= 0.3 is 18.0 Å². The second kappa shape index (κ2) is 12.0. The van der Waals surface area contributed by atoms with Crippen LogP contribution in [0, 0.1) is 5.82 Å². The Morgan fingerprint density at radius 1 is 1.14 bits per heavy atom. The van der Waals surface area contributed by atoms with E-state index in [1.807, 2.05) is 20.8 Å². The maximum atomic E-state index is 13.6. The van der Waals surface area contributed by atoms with Gasteiger partial charge in [-0.3, -0.25) is 9.80 Å². The van der Waals surface area contributed by atoms with Crippen LogP contribution in [0.1, 0.15) is 45.7 Å². The van der Waals surface area contributed by atoms with Crippen molar-refractivity contribution >= 4 is 18.0 Å². The van der Waals surface area contributed by atoms with E-state index in [0.717, 1.165) is 6.42 Å². The zero-order valence-corrected chi connectivity index (χ0v) is 21.0. The second-order valence-corrected chi connectivity index (χ2v) is 8.98. The van der Waals surface area contributed by atoms with E-state index in [4.69, 9.17) is 4.74 Å². The van der Waals surface area contributed by atoms with Crippen LogP contribution in [-0.4, -0.2) is 84.6 Å². The first-order valence-corrected chi connectivity index (χ1v) is 12.3. The number of hydrogen-bond acceptors (Lipinski definition) is 5. The number of amides is 4. The summed E-state index contributed by atoms with van der Waals surface area (Å²) in [7, 11) is 0. The molecule has 1 aromatic carbocycles. The molecule has 9 nitrogen and oxygen atoms in total. The standard InChI is InChI=1S/C25H36FN5O4/c1-5-31-20(16-29-12-7-13-30(15-14-29)24(33)27-17(3)4)21(23(32)35-6-2)22(28-25(31)34)18-8-10-19(26)11-9-18/h8-11,17,22H,5-7,12-16H2,1-4H3,(H,27,33)(H,28,34)/t22-/m1/s1. The number of halogens is 1. The number of nitrogens with one attached hydrogen (secondary N) is 2. The molecule has 3 rings (SSSR count). The molecule has 1 fully saturated rings. The van der Waals surface area contributed by atoms with Gasteiger partial charge in [0.25, 0.3) is 0 Å². The molecule has 35 heavy (non-hydrogen) atoms. The lowest BCUT2D eigenvalue weighted by molar-refractivity contribution is -0.139. The fourth-order valence-electron chi connectivity index (χ4n) is 4.45. The van der Waals surface area contributed by atoms with Gasteiger partial charge in [-0.05, 0) is 51.8 Å². The van der Waals surface area contributed by atoms with Crippen LogP contribution >= 0.6 is 0 Å². The van der Waals surface area contributed by atoms with E-state index >= 15 is 0 Å². The number of nitrogens with zero attached hydrogens (tertiary/aromatic N) is 3. The maximum Gasteiger partial charge on any atom is 0.338 e. The van der Waals surface area contributed by atoms with Crippen molar-refractivity contribution in [2.75, 3.05) is 45.9 Å². The average Bonchev–Trinajstić information content (AvgIpc) is 3.05. The molecular formula is C25H36FN5O4. The molecule has 1 aromatic rings. The van der Waals surface area contributed by atoms with Crippen molar-refractivity contribution in [3.63, 3.8) is 0 Å². The highest BCUT2D eigenvalue weighted by Crippen LogP contribution is 2.32. The van der Waals surface area contributed by atoms with Gasteiger partial charge in [-0.25, -0.2) is 18.8 Å². The summed E-state index contributed by atoms with van der Waals surface area (Å²) in [6, 6.07) is 4.64. The van der Waals surface area contributed by atoms with E-state index < -0.39 is 17.8 Å². The average molecular weight is 490 g/mol. The summed E-state index contributed by atoms with van der Waals surface area (Å²) < 4.78 is 19.0. The highest BCUT2D eigenvalue weighted by molar-refractivity contribution is 5.95. The Hall–Kier alpha value is -3.14. The minimum Gasteiger partial charge on any atom is -0.463 e. The van der Waals surface area contributed by atoms with Gasteiger partial charge in [-0.1, -0.05) is 12.1 Å². The number of ether oxygens (including phenoxy) is 1. The first-order chi connectivity index (χ1) is 16.7. The van der Waals surface area contributed by atoms with Crippen molar-refractivity contribution in [2.45, 2.75) is 46.2 Å². The van der Waals surface area contributed by atoms with Crippen LogP contribution in [0.3, 0.4) is 0 Å². The highest BCUT2D eigenvalue weighted by Gasteiger charge is 2.38. The normalized spacial score (nSPS) is 19.5. The van der Waals surface area contributed by atoms with E-state index in [2.05, 4.69) is 15.5 Å². The molecule has 0 bridgehead atoms. The fraction of sp³-hybridized carbons (Fsp3) is 0.560. The predicted molar refractivity (Wildman–Crippen MR) is 130 cm³/mol. The Morgan fingerprint density at radius 3 is 2.49 bits per heavy atom. The number of esters is 1.